The van der Waals surface area contributed by atoms with Crippen molar-refractivity contribution in [1.29, 1.82) is 0 Å². The lowest BCUT2D eigenvalue weighted by Crippen LogP contribution is -2.48. The Balaban J connectivity index is 1.34. The number of benzene rings is 2. The summed E-state index contributed by atoms with van der Waals surface area (Å²) < 4.78 is 0. The highest BCUT2D eigenvalue weighted by Gasteiger charge is 2.20. The molecule has 2 aromatic rings. The number of phenols is 1. The van der Waals surface area contributed by atoms with Crippen molar-refractivity contribution < 1.29 is 5.11 Å². The molecule has 3 rings (SSSR count). The number of hydrogen-bond acceptors (Lipinski definition) is 3. The second kappa shape index (κ2) is 10.9. The van der Waals surface area contributed by atoms with E-state index >= 15 is 0 Å². The normalized spacial score (nSPS) is 16.0. The van der Waals surface area contributed by atoms with Crippen LogP contribution < -0.4 is 10.6 Å². The summed E-state index contributed by atoms with van der Waals surface area (Å²) in [6.07, 6.45) is 4.29. The lowest BCUT2D eigenvalue weighted by atomic mass is 10.0. The van der Waals surface area contributed by atoms with Gasteiger partial charge in [-0.3, -0.25) is 9.89 Å². The minimum absolute atomic E-state index is 0.321. The van der Waals surface area contributed by atoms with Crippen molar-refractivity contribution in [2.45, 2.75) is 45.2 Å². The molecule has 0 unspecified atom stereocenters. The monoisotopic (exact) mass is 394 g/mol. The van der Waals surface area contributed by atoms with Crippen LogP contribution in [-0.4, -0.2) is 48.7 Å². The molecule has 1 aliphatic heterocycles. The Hall–Kier alpha value is -2.53. The summed E-state index contributed by atoms with van der Waals surface area (Å²) >= 11 is 0. The third kappa shape index (κ3) is 7.09. The van der Waals surface area contributed by atoms with Crippen molar-refractivity contribution in [1.82, 2.24) is 15.5 Å². The van der Waals surface area contributed by atoms with Crippen LogP contribution in [0.3, 0.4) is 0 Å². The number of likely N-dealkylation sites (tertiary alicyclic amines) is 1. The highest BCUT2D eigenvalue weighted by atomic mass is 16.3. The molecule has 5 heteroatoms. The molecule has 1 saturated heterocycles. The Labute approximate surface area is 174 Å². The number of hydrogen-bond donors (Lipinski definition) is 3. The molecule has 1 fully saturated rings. The molecule has 3 N–H and O–H groups in total. The van der Waals surface area contributed by atoms with Crippen LogP contribution in [0.1, 0.15) is 36.0 Å². The third-order valence-corrected chi connectivity index (χ3v) is 5.51. The lowest BCUT2D eigenvalue weighted by molar-refractivity contribution is 0.198. The average molecular weight is 395 g/mol. The summed E-state index contributed by atoms with van der Waals surface area (Å²) in [5.74, 6) is 1.22. The smallest absolute Gasteiger partial charge is 0.191 e. The van der Waals surface area contributed by atoms with E-state index in [2.05, 4.69) is 51.7 Å². The van der Waals surface area contributed by atoms with Gasteiger partial charge in [0.15, 0.2) is 5.96 Å². The second-order valence-corrected chi connectivity index (χ2v) is 7.95. The Bertz CT molecular complexity index is 780. The number of aromatic hydroxyl groups is 1. The molecule has 0 bridgehead atoms. The Morgan fingerprint density at radius 2 is 1.86 bits per heavy atom. The number of guanidine groups is 1. The summed E-state index contributed by atoms with van der Waals surface area (Å²) in [5, 5.41) is 16.4. The molecular formula is C24H34N4O. The minimum Gasteiger partial charge on any atom is -0.508 e. The first-order valence-corrected chi connectivity index (χ1v) is 10.7. The molecule has 1 heterocycles. The largest absolute Gasteiger partial charge is 0.508 e. The van der Waals surface area contributed by atoms with Crippen molar-refractivity contribution in [3.63, 3.8) is 0 Å². The fourth-order valence-corrected chi connectivity index (χ4v) is 3.85. The molecule has 0 spiro atoms. The lowest BCUT2D eigenvalue weighted by Gasteiger charge is -2.33. The maximum Gasteiger partial charge on any atom is 0.191 e. The Morgan fingerprint density at radius 1 is 1.10 bits per heavy atom. The first-order chi connectivity index (χ1) is 14.1. The number of rotatable bonds is 7. The zero-order valence-electron chi connectivity index (χ0n) is 17.7. The van der Waals surface area contributed by atoms with E-state index in [1.54, 1.807) is 12.1 Å². The van der Waals surface area contributed by atoms with Gasteiger partial charge in [-0.25, -0.2) is 0 Å². The van der Waals surface area contributed by atoms with Crippen molar-refractivity contribution in [3.05, 3.63) is 65.2 Å². The predicted octanol–water partition coefficient (Wildman–Crippen LogP) is 3.46. The predicted molar refractivity (Wildman–Crippen MR) is 120 cm³/mol. The van der Waals surface area contributed by atoms with Gasteiger partial charge in [-0.2, -0.15) is 0 Å². The number of nitrogens with one attached hydrogen (secondary N) is 2. The van der Waals surface area contributed by atoms with Crippen molar-refractivity contribution in [2.24, 2.45) is 4.99 Å². The van der Waals surface area contributed by atoms with Gasteiger partial charge >= 0.3 is 0 Å². The first kappa shape index (κ1) is 21.2. The van der Waals surface area contributed by atoms with Gasteiger partial charge in [0, 0.05) is 39.3 Å². The Kier molecular flexibility index (Phi) is 7.94. The standard InChI is InChI=1S/C24H34N4O/c1-19-5-3-6-21(17-19)18-28-15-12-22(13-16-28)27-24(25-2)26-14-4-7-20-8-10-23(29)11-9-20/h3,5-6,8-11,17,22,29H,4,7,12-16,18H2,1-2H3,(H2,25,26,27). The minimum atomic E-state index is 0.321. The molecule has 0 saturated carbocycles. The molecule has 0 radical (unpaired) electrons. The van der Waals surface area contributed by atoms with Crippen molar-refractivity contribution in [3.8, 4) is 5.75 Å². The molecular weight excluding hydrogens is 360 g/mol. The highest BCUT2D eigenvalue weighted by Crippen LogP contribution is 2.15. The molecule has 5 nitrogen and oxygen atoms in total. The van der Waals surface area contributed by atoms with Crippen LogP contribution in [0.5, 0.6) is 5.75 Å². The van der Waals surface area contributed by atoms with Gasteiger partial charge in [-0.15, -0.1) is 0 Å². The summed E-state index contributed by atoms with van der Waals surface area (Å²) in [6.45, 7) is 6.31. The molecule has 1 aliphatic rings. The average Bonchev–Trinajstić information content (AvgIpc) is 2.73. The first-order valence-electron chi connectivity index (χ1n) is 10.7. The number of aryl methyl sites for hydroxylation is 2. The zero-order valence-corrected chi connectivity index (χ0v) is 17.7. The van der Waals surface area contributed by atoms with E-state index in [0.29, 0.717) is 11.8 Å². The van der Waals surface area contributed by atoms with Crippen LogP contribution in [0.25, 0.3) is 0 Å². The van der Waals surface area contributed by atoms with E-state index in [9.17, 15) is 5.11 Å². The number of phenolic OH excluding ortho intramolecular Hbond substituents is 1. The fraction of sp³-hybridized carbons (Fsp3) is 0.458. The molecule has 156 valence electrons. The molecule has 0 amide bonds. The maximum absolute atomic E-state index is 9.35. The van der Waals surface area contributed by atoms with Gasteiger partial charge in [0.25, 0.3) is 0 Å². The fourth-order valence-electron chi connectivity index (χ4n) is 3.85. The number of nitrogens with zero attached hydrogens (tertiary/aromatic N) is 2. The van der Waals surface area contributed by atoms with Gasteiger partial charge in [0.05, 0.1) is 0 Å². The van der Waals surface area contributed by atoms with Crippen LogP contribution in [-0.2, 0) is 13.0 Å². The van der Waals surface area contributed by atoms with E-state index < -0.39 is 0 Å². The maximum atomic E-state index is 9.35. The van der Waals surface area contributed by atoms with Crippen molar-refractivity contribution in [2.75, 3.05) is 26.7 Å². The third-order valence-electron chi connectivity index (χ3n) is 5.51. The summed E-state index contributed by atoms with van der Waals surface area (Å²) in [7, 11) is 1.84. The van der Waals surface area contributed by atoms with Crippen LogP contribution in [0.2, 0.25) is 0 Å². The van der Waals surface area contributed by atoms with Crippen LogP contribution in [0.4, 0.5) is 0 Å². The summed E-state index contributed by atoms with van der Waals surface area (Å²) in [5.41, 5.74) is 3.98. The Morgan fingerprint density at radius 3 is 2.55 bits per heavy atom. The van der Waals surface area contributed by atoms with E-state index in [4.69, 9.17) is 0 Å². The van der Waals surface area contributed by atoms with Crippen LogP contribution in [0, 0.1) is 6.92 Å². The zero-order chi connectivity index (χ0) is 20.5. The van der Waals surface area contributed by atoms with Crippen LogP contribution >= 0.6 is 0 Å². The molecule has 2 aromatic carbocycles. The van der Waals surface area contributed by atoms with E-state index in [-0.39, 0.29) is 0 Å². The van der Waals surface area contributed by atoms with Crippen LogP contribution in [0.15, 0.2) is 53.5 Å². The van der Waals surface area contributed by atoms with Gasteiger partial charge in [-0.05, 0) is 55.9 Å². The topological polar surface area (TPSA) is 59.9 Å². The highest BCUT2D eigenvalue weighted by molar-refractivity contribution is 5.79. The van der Waals surface area contributed by atoms with E-state index in [0.717, 1.165) is 57.8 Å². The number of aliphatic imine (C=N–C) groups is 1. The van der Waals surface area contributed by atoms with Gasteiger partial charge < -0.3 is 15.7 Å². The van der Waals surface area contributed by atoms with Gasteiger partial charge in [-0.1, -0.05) is 42.0 Å². The van der Waals surface area contributed by atoms with E-state index in [1.165, 1.54) is 16.7 Å². The molecule has 29 heavy (non-hydrogen) atoms. The molecule has 0 aliphatic carbocycles. The SMILES string of the molecule is CN=C(NCCCc1ccc(O)cc1)NC1CCN(Cc2cccc(C)c2)CC1. The van der Waals surface area contributed by atoms with Gasteiger partial charge in [0.2, 0.25) is 0 Å². The van der Waals surface area contributed by atoms with Gasteiger partial charge in [0.1, 0.15) is 5.75 Å². The second-order valence-electron chi connectivity index (χ2n) is 7.95. The summed E-state index contributed by atoms with van der Waals surface area (Å²) in [4.78, 5) is 6.92. The number of piperidine rings is 1. The van der Waals surface area contributed by atoms with Crippen molar-refractivity contribution >= 4 is 5.96 Å². The van der Waals surface area contributed by atoms with E-state index in [1.807, 2.05) is 19.2 Å². The quantitative estimate of drug-likeness (QED) is 0.382. The summed E-state index contributed by atoms with van der Waals surface area (Å²) in [6, 6.07) is 16.7. The molecule has 0 atom stereocenters. The molecule has 0 aromatic heterocycles.